The van der Waals surface area contributed by atoms with Crippen molar-refractivity contribution < 1.29 is 34.9 Å². The summed E-state index contributed by atoms with van der Waals surface area (Å²) in [6, 6.07) is -16.6. The first-order chi connectivity index (χ1) is 28.5. The van der Waals surface area contributed by atoms with Crippen molar-refractivity contribution in [3.05, 3.63) is 133 Å². The Morgan fingerprint density at radius 1 is 0.385 bits per heavy atom. The second-order valence-corrected chi connectivity index (χ2v) is 8.76. The zero-order chi connectivity index (χ0) is 44.6. The predicted molar refractivity (Wildman–Crippen MR) is 164 cm³/mol. The van der Waals surface area contributed by atoms with Gasteiger partial charge in [-0.3, -0.25) is 0 Å². The molecule has 0 radical (unpaired) electrons. The molecule has 1 heteroatoms. The van der Waals surface area contributed by atoms with Crippen molar-refractivity contribution in [2.75, 3.05) is 0 Å². The number of fused-ring (bicyclic) bond motifs is 2. The summed E-state index contributed by atoms with van der Waals surface area (Å²) in [5.41, 5.74) is -3.48. The van der Waals surface area contributed by atoms with Gasteiger partial charge in [-0.25, -0.2) is 0 Å². The second kappa shape index (κ2) is 7.69. The summed E-state index contributed by atoms with van der Waals surface area (Å²) in [6.45, 7) is 0. The van der Waals surface area contributed by atoms with Gasteiger partial charge >= 0.3 is 0 Å². The molecule has 0 amide bonds. The van der Waals surface area contributed by atoms with Crippen LogP contribution in [0.15, 0.2) is 133 Å². The highest BCUT2D eigenvalue weighted by molar-refractivity contribution is 6.25. The molecule has 0 saturated heterocycles. The molecule has 1 aliphatic rings. The van der Waals surface area contributed by atoms with Gasteiger partial charge in [-0.2, -0.15) is 0 Å². The average molecular weight is 517 g/mol. The average Bonchev–Trinajstić information content (AvgIpc) is 3.22. The van der Waals surface area contributed by atoms with Gasteiger partial charge in [-0.15, -0.1) is 0 Å². The molecule has 8 aromatic rings. The molecular weight excluding hydrogens is 472 g/mol. The number of hydrogen-bond donors (Lipinski definition) is 0. The van der Waals surface area contributed by atoms with Crippen LogP contribution in [0, 0.1) is 0 Å². The molecular formula is C38H22O. The van der Waals surface area contributed by atoms with Crippen LogP contribution in [-0.4, -0.2) is 0 Å². The van der Waals surface area contributed by atoms with Gasteiger partial charge < -0.3 is 4.74 Å². The first kappa shape index (κ1) is 8.97. The van der Waals surface area contributed by atoms with Gasteiger partial charge in [0.15, 0.2) is 0 Å². The minimum Gasteiger partial charge on any atom is -0.456 e. The van der Waals surface area contributed by atoms with Gasteiger partial charge in [0, 0.05) is 10.9 Å². The van der Waals surface area contributed by atoms with Crippen LogP contribution in [-0.2, 0) is 0 Å². The van der Waals surface area contributed by atoms with E-state index in [1.54, 1.807) is 0 Å². The zero-order valence-corrected chi connectivity index (χ0v) is 19.4. The lowest BCUT2D eigenvalue weighted by Crippen LogP contribution is -1.97. The van der Waals surface area contributed by atoms with Crippen molar-refractivity contribution in [2.45, 2.75) is 0 Å². The lowest BCUT2D eigenvalue weighted by Gasteiger charge is -2.22. The molecule has 8 aromatic carbocycles. The fourth-order valence-electron chi connectivity index (χ4n) is 4.89. The molecule has 1 nitrogen and oxygen atoms in total. The molecule has 0 fully saturated rings. The van der Waals surface area contributed by atoms with E-state index < -0.39 is 178 Å². The minimum absolute atomic E-state index is 0.204. The summed E-state index contributed by atoms with van der Waals surface area (Å²) < 4.78 is 201. The van der Waals surface area contributed by atoms with Crippen molar-refractivity contribution in [3.8, 4) is 44.9 Å². The topological polar surface area (TPSA) is 9.23 Å². The van der Waals surface area contributed by atoms with Crippen LogP contribution in [0.2, 0.25) is 0 Å². The van der Waals surface area contributed by atoms with E-state index in [9.17, 15) is 6.85 Å². The van der Waals surface area contributed by atoms with Crippen molar-refractivity contribution in [2.24, 2.45) is 0 Å². The van der Waals surface area contributed by atoms with Gasteiger partial charge in [0.1, 0.15) is 11.5 Å². The van der Waals surface area contributed by atoms with E-state index in [4.69, 9.17) is 28.0 Å². The second-order valence-electron chi connectivity index (χ2n) is 8.76. The van der Waals surface area contributed by atoms with Crippen LogP contribution in [0.5, 0.6) is 11.5 Å². The van der Waals surface area contributed by atoms with Crippen molar-refractivity contribution in [1.82, 2.24) is 0 Å². The maximum Gasteiger partial charge on any atom is 0.135 e. The standard InChI is InChI=1S/C38H22O/c1-4-26-14-15-28-16-19-30(32-20-17-27(5-1)36(26)38(28)32)24-12-10-23(11-13-24)29-18-21-34-33(22-29)31-8-2-6-25-7-3-9-35(39-34)37(25)31/h1-22H/i1D,2D,3D,4D,5D,6D,7D,8D,9D,10D,11D,12D,13D,14D,15D,16D,17D,18D,19D,20D,21D,22D. The van der Waals surface area contributed by atoms with Gasteiger partial charge in [-0.05, 0) is 83.6 Å². The van der Waals surface area contributed by atoms with Crippen molar-refractivity contribution >= 4 is 43.1 Å². The van der Waals surface area contributed by atoms with Gasteiger partial charge in [0.05, 0.1) is 30.2 Å². The Morgan fingerprint density at radius 3 is 1.82 bits per heavy atom. The third kappa shape index (κ3) is 2.96. The molecule has 0 aromatic heterocycles. The highest BCUT2D eigenvalue weighted by Crippen LogP contribution is 2.47. The van der Waals surface area contributed by atoms with Gasteiger partial charge in [0.25, 0.3) is 0 Å². The number of ether oxygens (including phenoxy) is 1. The third-order valence-electron chi connectivity index (χ3n) is 6.64. The maximum atomic E-state index is 9.38. The fraction of sp³-hybridized carbons (Fsp3) is 0. The highest BCUT2D eigenvalue weighted by Gasteiger charge is 2.20. The summed E-state index contributed by atoms with van der Waals surface area (Å²) in [5, 5.41) is -2.56. The van der Waals surface area contributed by atoms with E-state index in [0.29, 0.717) is 0 Å². The van der Waals surface area contributed by atoms with E-state index in [1.807, 2.05) is 0 Å². The fourth-order valence-corrected chi connectivity index (χ4v) is 4.89. The molecule has 0 spiro atoms. The van der Waals surface area contributed by atoms with Crippen LogP contribution in [0.3, 0.4) is 0 Å². The Balaban J connectivity index is 1.41. The van der Waals surface area contributed by atoms with Crippen LogP contribution in [0.25, 0.3) is 76.5 Å². The molecule has 180 valence electrons. The monoisotopic (exact) mass is 516 g/mol. The van der Waals surface area contributed by atoms with Gasteiger partial charge in [-0.1, -0.05) is 115 Å². The SMILES string of the molecule is [2H]c1c([2H])c(-c2c([2H])c([2H])c(-c3c([2H])c([2H])c4c([2H])c([2H])c5c([2H])c([2H])c([2H])c6c([2H])c([2H])c3c4c56)c([2H])c2[2H])c([2H])c2c1Oc1c([2H])c([2H])c([2H])c3c([2H])c([2H])c([2H])c-2c13. The Bertz CT molecular complexity index is 3410. The Hall–Kier alpha value is -5.14. The molecule has 0 unspecified atom stereocenters. The minimum atomic E-state index is -0.946. The van der Waals surface area contributed by atoms with Crippen LogP contribution in [0.4, 0.5) is 0 Å². The number of rotatable bonds is 2. The number of benzene rings is 8. The first-order valence-electron chi connectivity index (χ1n) is 22.7. The lowest BCUT2D eigenvalue weighted by atomic mass is 9.89. The van der Waals surface area contributed by atoms with Crippen LogP contribution < -0.4 is 4.74 Å². The number of hydrogen-bond acceptors (Lipinski definition) is 1. The van der Waals surface area contributed by atoms with E-state index >= 15 is 0 Å². The maximum absolute atomic E-state index is 9.38. The molecule has 0 saturated carbocycles. The van der Waals surface area contributed by atoms with Crippen LogP contribution >= 0.6 is 0 Å². The molecule has 39 heavy (non-hydrogen) atoms. The van der Waals surface area contributed by atoms with Crippen molar-refractivity contribution in [1.29, 1.82) is 0 Å². The predicted octanol–water partition coefficient (Wildman–Crippen LogP) is 10.8. The summed E-state index contributed by atoms with van der Waals surface area (Å²) in [4.78, 5) is 0. The van der Waals surface area contributed by atoms with E-state index in [-0.39, 0.29) is 43.3 Å². The summed E-state index contributed by atoms with van der Waals surface area (Å²) in [6.07, 6.45) is 0. The largest absolute Gasteiger partial charge is 0.456 e. The van der Waals surface area contributed by atoms with E-state index in [0.717, 1.165) is 0 Å². The molecule has 9 rings (SSSR count). The normalized spacial score (nSPS) is 20.2. The first-order valence-corrected chi connectivity index (χ1v) is 11.7. The Kier molecular flexibility index (Phi) is 1.77. The highest BCUT2D eigenvalue weighted by atomic mass is 16.5. The third-order valence-corrected chi connectivity index (χ3v) is 6.64. The van der Waals surface area contributed by atoms with Crippen LogP contribution in [0.1, 0.15) is 30.2 Å². The zero-order valence-electron chi connectivity index (χ0n) is 41.4. The van der Waals surface area contributed by atoms with Crippen molar-refractivity contribution in [3.63, 3.8) is 0 Å². The Labute approximate surface area is 256 Å². The smallest absolute Gasteiger partial charge is 0.135 e. The molecule has 0 bridgehead atoms. The quantitative estimate of drug-likeness (QED) is 0.208. The van der Waals surface area contributed by atoms with Gasteiger partial charge in [0.2, 0.25) is 0 Å². The Morgan fingerprint density at radius 2 is 1.00 bits per heavy atom. The summed E-state index contributed by atoms with van der Waals surface area (Å²) in [5.74, 6) is -1.03. The molecule has 0 N–H and O–H groups in total. The molecule has 1 heterocycles. The summed E-state index contributed by atoms with van der Waals surface area (Å²) >= 11 is 0. The lowest BCUT2D eigenvalue weighted by molar-refractivity contribution is 0.487. The molecule has 1 aliphatic heterocycles. The van der Waals surface area contributed by atoms with E-state index in [2.05, 4.69) is 0 Å². The summed E-state index contributed by atoms with van der Waals surface area (Å²) in [7, 11) is 0. The van der Waals surface area contributed by atoms with E-state index in [1.165, 1.54) is 0 Å². The molecule has 0 aliphatic carbocycles. The molecule has 0 atom stereocenters.